The maximum absolute atomic E-state index is 12.5. The Balaban J connectivity index is 1.52. The van der Waals surface area contributed by atoms with Crippen molar-refractivity contribution >= 4 is 11.8 Å². The van der Waals surface area contributed by atoms with Gasteiger partial charge in [0, 0.05) is 38.2 Å². The van der Waals surface area contributed by atoms with Gasteiger partial charge in [-0.25, -0.2) is 0 Å². The minimum Gasteiger partial charge on any atom is -0.488 e. The summed E-state index contributed by atoms with van der Waals surface area (Å²) in [6.07, 6.45) is 10.2. The van der Waals surface area contributed by atoms with E-state index in [0.717, 1.165) is 37.3 Å². The van der Waals surface area contributed by atoms with Crippen LogP contribution in [-0.4, -0.2) is 40.9 Å². The predicted molar refractivity (Wildman–Crippen MR) is 98.5 cm³/mol. The maximum atomic E-state index is 12.5. The molecule has 1 aliphatic carbocycles. The number of hydrogen-bond acceptors (Lipinski definition) is 4. The van der Waals surface area contributed by atoms with Crippen LogP contribution in [0.25, 0.3) is 0 Å². The van der Waals surface area contributed by atoms with Crippen molar-refractivity contribution in [3.63, 3.8) is 0 Å². The van der Waals surface area contributed by atoms with Gasteiger partial charge in [-0.3, -0.25) is 14.6 Å². The molecule has 1 aromatic rings. The number of pyridine rings is 1. The van der Waals surface area contributed by atoms with Crippen molar-refractivity contribution in [2.24, 2.45) is 0 Å². The molecule has 1 unspecified atom stereocenters. The Morgan fingerprint density at radius 2 is 2.15 bits per heavy atom. The van der Waals surface area contributed by atoms with Gasteiger partial charge in [0.1, 0.15) is 11.9 Å². The van der Waals surface area contributed by atoms with Gasteiger partial charge in [0.25, 0.3) is 0 Å². The van der Waals surface area contributed by atoms with Gasteiger partial charge < -0.3 is 15.0 Å². The van der Waals surface area contributed by atoms with Crippen LogP contribution in [-0.2, 0) is 16.1 Å². The fraction of sp³-hybridized carbons (Fsp3) is 0.550. The molecule has 3 rings (SSSR count). The Morgan fingerprint density at radius 3 is 2.92 bits per heavy atom. The molecule has 1 aliphatic heterocycles. The highest BCUT2D eigenvalue weighted by atomic mass is 16.5. The number of likely N-dealkylation sites (tertiary alicyclic amines) is 1. The van der Waals surface area contributed by atoms with E-state index in [1.807, 2.05) is 23.1 Å². The molecular formula is C20H27N3O3. The number of rotatable bonds is 5. The zero-order valence-electron chi connectivity index (χ0n) is 15.4. The van der Waals surface area contributed by atoms with Crippen LogP contribution in [0.2, 0.25) is 0 Å². The highest BCUT2D eigenvalue weighted by Gasteiger charge is 2.27. The van der Waals surface area contributed by atoms with Gasteiger partial charge >= 0.3 is 0 Å². The van der Waals surface area contributed by atoms with Crippen LogP contribution in [0.3, 0.4) is 0 Å². The van der Waals surface area contributed by atoms with Crippen LogP contribution < -0.4 is 10.1 Å². The van der Waals surface area contributed by atoms with Crippen LogP contribution in [0.5, 0.6) is 5.75 Å². The molecule has 1 atom stereocenters. The van der Waals surface area contributed by atoms with Crippen LogP contribution in [0, 0.1) is 0 Å². The predicted octanol–water partition coefficient (Wildman–Crippen LogP) is 2.59. The number of nitrogens with zero attached hydrogens (tertiary/aromatic N) is 2. The zero-order chi connectivity index (χ0) is 18.4. The third-order valence-electron chi connectivity index (χ3n) is 4.89. The molecule has 2 amide bonds. The minimum atomic E-state index is -0.0878. The van der Waals surface area contributed by atoms with Gasteiger partial charge in [-0.2, -0.15) is 0 Å². The lowest BCUT2D eigenvalue weighted by molar-refractivity contribution is -0.125. The van der Waals surface area contributed by atoms with Gasteiger partial charge in [0.2, 0.25) is 11.8 Å². The van der Waals surface area contributed by atoms with E-state index < -0.39 is 0 Å². The zero-order valence-corrected chi connectivity index (χ0v) is 15.4. The Morgan fingerprint density at radius 1 is 1.35 bits per heavy atom. The molecule has 2 aliphatic rings. The summed E-state index contributed by atoms with van der Waals surface area (Å²) in [5, 5.41) is 2.73. The molecule has 140 valence electrons. The first-order chi connectivity index (χ1) is 12.6. The molecule has 0 spiro atoms. The Labute approximate surface area is 154 Å². The smallest absolute Gasteiger partial charge is 0.246 e. The van der Waals surface area contributed by atoms with Crippen molar-refractivity contribution in [2.45, 2.75) is 58.1 Å². The third-order valence-corrected chi connectivity index (χ3v) is 4.89. The normalized spacial score (nSPS) is 20.0. The Bertz CT molecular complexity index is 679. The molecule has 0 aromatic carbocycles. The molecule has 6 nitrogen and oxygen atoms in total. The average Bonchev–Trinajstić information content (AvgIpc) is 3.10. The van der Waals surface area contributed by atoms with Gasteiger partial charge in [-0.1, -0.05) is 12.0 Å². The fourth-order valence-electron chi connectivity index (χ4n) is 3.47. The molecule has 26 heavy (non-hydrogen) atoms. The molecule has 0 radical (unpaired) electrons. The number of allylic oxidation sites excluding steroid dienone is 1. The number of ether oxygens (including phenoxy) is 1. The summed E-state index contributed by atoms with van der Waals surface area (Å²) in [7, 11) is 0. The Hall–Kier alpha value is -2.37. The molecular weight excluding hydrogens is 330 g/mol. The highest BCUT2D eigenvalue weighted by Crippen LogP contribution is 2.24. The number of nitrogens with one attached hydrogen (secondary N) is 1. The first kappa shape index (κ1) is 18.4. The first-order valence-corrected chi connectivity index (χ1v) is 9.44. The largest absolute Gasteiger partial charge is 0.488 e. The van der Waals surface area contributed by atoms with Gasteiger partial charge in [-0.05, 0) is 31.7 Å². The van der Waals surface area contributed by atoms with Gasteiger partial charge in [0.05, 0.1) is 18.8 Å². The van der Waals surface area contributed by atoms with Crippen LogP contribution in [0.1, 0.15) is 51.1 Å². The fourth-order valence-corrected chi connectivity index (χ4v) is 3.47. The SMILES string of the molecule is CC(=O)NCc1cc(OC2CCN(C(=O)C=C3CCCCC3)C2)ccn1. The van der Waals surface area contributed by atoms with Crippen molar-refractivity contribution in [3.05, 3.63) is 35.7 Å². The second-order valence-electron chi connectivity index (χ2n) is 7.07. The molecule has 6 heteroatoms. The topological polar surface area (TPSA) is 71.5 Å². The van der Waals surface area contributed by atoms with Crippen LogP contribution in [0.15, 0.2) is 30.0 Å². The highest BCUT2D eigenvalue weighted by molar-refractivity contribution is 5.88. The average molecular weight is 357 g/mol. The first-order valence-electron chi connectivity index (χ1n) is 9.44. The molecule has 1 saturated carbocycles. The van der Waals surface area contributed by atoms with Gasteiger partial charge in [-0.15, -0.1) is 0 Å². The summed E-state index contributed by atoms with van der Waals surface area (Å²) in [5.41, 5.74) is 2.05. The van der Waals surface area contributed by atoms with E-state index in [4.69, 9.17) is 4.74 Å². The monoisotopic (exact) mass is 357 g/mol. The minimum absolute atomic E-state index is 0.000257. The molecule has 1 saturated heterocycles. The van der Waals surface area contributed by atoms with Crippen molar-refractivity contribution in [1.82, 2.24) is 15.2 Å². The van der Waals surface area contributed by atoms with E-state index >= 15 is 0 Å². The number of hydrogen-bond donors (Lipinski definition) is 1. The van der Waals surface area contributed by atoms with Crippen molar-refractivity contribution in [2.75, 3.05) is 13.1 Å². The molecule has 2 fully saturated rings. The quantitative estimate of drug-likeness (QED) is 0.822. The summed E-state index contributed by atoms with van der Waals surface area (Å²) < 4.78 is 6.03. The van der Waals surface area contributed by atoms with E-state index in [0.29, 0.717) is 13.1 Å². The van der Waals surface area contributed by atoms with E-state index in [-0.39, 0.29) is 17.9 Å². The molecule has 1 aromatic heterocycles. The summed E-state index contributed by atoms with van der Waals surface area (Å²) in [6.45, 7) is 3.21. The molecule has 1 N–H and O–H groups in total. The van der Waals surface area contributed by atoms with Gasteiger partial charge in [0.15, 0.2) is 0 Å². The van der Waals surface area contributed by atoms with E-state index in [1.54, 1.807) is 6.20 Å². The van der Waals surface area contributed by atoms with Crippen molar-refractivity contribution in [1.29, 1.82) is 0 Å². The summed E-state index contributed by atoms with van der Waals surface area (Å²) in [5.74, 6) is 0.759. The number of aromatic nitrogens is 1. The standard InChI is InChI=1S/C20H27N3O3/c1-15(24)22-13-17-12-18(7-9-21-17)26-19-8-10-23(14-19)20(25)11-16-5-3-2-4-6-16/h7,9,11-12,19H,2-6,8,10,13-14H2,1H3,(H,22,24). The Kier molecular flexibility index (Phi) is 6.26. The van der Waals surface area contributed by atoms with E-state index in [2.05, 4.69) is 10.3 Å². The maximum Gasteiger partial charge on any atom is 0.246 e. The van der Waals surface area contributed by atoms with Crippen LogP contribution in [0.4, 0.5) is 0 Å². The lowest BCUT2D eigenvalue weighted by atomic mass is 9.94. The van der Waals surface area contributed by atoms with E-state index in [9.17, 15) is 9.59 Å². The summed E-state index contributed by atoms with van der Waals surface area (Å²) in [6, 6.07) is 3.65. The second-order valence-corrected chi connectivity index (χ2v) is 7.07. The lowest BCUT2D eigenvalue weighted by Crippen LogP contribution is -2.30. The number of carbonyl (C=O) groups is 2. The summed E-state index contributed by atoms with van der Waals surface area (Å²) in [4.78, 5) is 29.6. The van der Waals surface area contributed by atoms with E-state index in [1.165, 1.54) is 31.8 Å². The lowest BCUT2D eigenvalue weighted by Gasteiger charge is -2.18. The van der Waals surface area contributed by atoms with Crippen molar-refractivity contribution in [3.8, 4) is 5.75 Å². The molecule has 2 heterocycles. The number of amides is 2. The third kappa shape index (κ3) is 5.31. The van der Waals surface area contributed by atoms with Crippen molar-refractivity contribution < 1.29 is 14.3 Å². The number of carbonyl (C=O) groups excluding carboxylic acids is 2. The second kappa shape index (κ2) is 8.83. The molecule has 0 bridgehead atoms. The van der Waals surface area contributed by atoms with Crippen LogP contribution >= 0.6 is 0 Å². The summed E-state index contributed by atoms with van der Waals surface area (Å²) >= 11 is 0.